The van der Waals surface area contributed by atoms with Crippen LogP contribution in [0.1, 0.15) is 73.1 Å². The summed E-state index contributed by atoms with van der Waals surface area (Å²) in [4.78, 5) is 15.5. The molecule has 0 aliphatic carbocycles. The van der Waals surface area contributed by atoms with Crippen molar-refractivity contribution < 1.29 is 4.79 Å². The van der Waals surface area contributed by atoms with Gasteiger partial charge >= 0.3 is 0 Å². The Bertz CT molecular complexity index is 321. The van der Waals surface area contributed by atoms with E-state index in [-0.39, 0.29) is 5.91 Å². The van der Waals surface area contributed by atoms with Crippen molar-refractivity contribution in [2.24, 2.45) is 17.1 Å². The molecule has 3 nitrogen and oxygen atoms in total. The summed E-state index contributed by atoms with van der Waals surface area (Å²) in [7, 11) is 0. The first kappa shape index (κ1) is 20.4. The molecule has 0 heterocycles. The Hall–Kier alpha value is -0.640. The topological polar surface area (TPSA) is 46.3 Å². The van der Waals surface area contributed by atoms with E-state index in [2.05, 4.69) is 27.7 Å². The molecular formula is C17H34N2OS. The van der Waals surface area contributed by atoms with Crippen molar-refractivity contribution in [3.8, 4) is 0 Å². The second-order valence-electron chi connectivity index (χ2n) is 5.97. The van der Waals surface area contributed by atoms with Crippen molar-refractivity contribution in [2.45, 2.75) is 73.1 Å². The lowest BCUT2D eigenvalue weighted by atomic mass is 9.77. The number of carbonyl (C=O) groups is 1. The zero-order chi connectivity index (χ0) is 16.5. The van der Waals surface area contributed by atoms with E-state index in [4.69, 9.17) is 18.0 Å². The van der Waals surface area contributed by atoms with Crippen LogP contribution in [0.15, 0.2) is 0 Å². The molecule has 0 aliphatic heterocycles. The van der Waals surface area contributed by atoms with Gasteiger partial charge in [-0.1, -0.05) is 65.6 Å². The van der Waals surface area contributed by atoms with Crippen LogP contribution in [-0.4, -0.2) is 28.9 Å². The summed E-state index contributed by atoms with van der Waals surface area (Å²) in [6, 6.07) is 0. The van der Waals surface area contributed by atoms with Crippen LogP contribution in [0.4, 0.5) is 0 Å². The van der Waals surface area contributed by atoms with Gasteiger partial charge < -0.3 is 10.6 Å². The molecule has 0 saturated carbocycles. The van der Waals surface area contributed by atoms with Crippen molar-refractivity contribution in [1.82, 2.24) is 4.90 Å². The number of nitrogens with zero attached hydrogens (tertiary/aromatic N) is 1. The van der Waals surface area contributed by atoms with E-state index >= 15 is 0 Å². The molecule has 0 aromatic carbocycles. The van der Waals surface area contributed by atoms with Crippen LogP contribution >= 0.6 is 12.2 Å². The number of carbonyl (C=O) groups excluding carboxylic acids is 1. The van der Waals surface area contributed by atoms with Crippen LogP contribution < -0.4 is 5.73 Å². The van der Waals surface area contributed by atoms with Gasteiger partial charge in [-0.2, -0.15) is 0 Å². The van der Waals surface area contributed by atoms with Crippen LogP contribution in [0.3, 0.4) is 0 Å². The molecule has 21 heavy (non-hydrogen) atoms. The minimum Gasteiger partial charge on any atom is -0.392 e. The lowest BCUT2D eigenvalue weighted by Gasteiger charge is -2.37. The largest absolute Gasteiger partial charge is 0.392 e. The minimum absolute atomic E-state index is 0.146. The summed E-state index contributed by atoms with van der Waals surface area (Å²) in [6.45, 7) is 12.1. The number of rotatable bonds is 11. The summed E-state index contributed by atoms with van der Waals surface area (Å²) in [5.74, 6) is 0.703. The van der Waals surface area contributed by atoms with Crippen molar-refractivity contribution in [3.05, 3.63) is 0 Å². The fourth-order valence-corrected chi connectivity index (χ4v) is 3.35. The van der Waals surface area contributed by atoms with E-state index in [1.165, 1.54) is 0 Å². The molecule has 0 atom stereocenters. The first-order valence-electron chi connectivity index (χ1n) is 8.52. The molecule has 0 spiro atoms. The Kier molecular flexibility index (Phi) is 9.84. The van der Waals surface area contributed by atoms with Gasteiger partial charge in [-0.15, -0.1) is 0 Å². The van der Waals surface area contributed by atoms with Gasteiger partial charge in [0.1, 0.15) is 0 Å². The maximum Gasteiger partial charge on any atom is 0.235 e. The highest BCUT2D eigenvalue weighted by Gasteiger charge is 2.42. The van der Waals surface area contributed by atoms with E-state index in [9.17, 15) is 4.79 Å². The van der Waals surface area contributed by atoms with Gasteiger partial charge in [-0.05, 0) is 25.7 Å². The molecule has 0 rings (SSSR count). The SMILES string of the molecule is CCCC(CCC)(C(=O)N(CC)CC(CC)CC)C(N)=S. The average molecular weight is 315 g/mol. The number of amides is 1. The molecule has 0 aliphatic rings. The number of hydrogen-bond donors (Lipinski definition) is 1. The predicted molar refractivity (Wildman–Crippen MR) is 95.4 cm³/mol. The Morgan fingerprint density at radius 2 is 1.57 bits per heavy atom. The summed E-state index contributed by atoms with van der Waals surface area (Å²) in [5.41, 5.74) is 5.38. The molecule has 0 aromatic heterocycles. The highest BCUT2D eigenvalue weighted by molar-refractivity contribution is 7.80. The van der Waals surface area contributed by atoms with E-state index in [0.717, 1.165) is 51.6 Å². The maximum atomic E-state index is 13.1. The monoisotopic (exact) mass is 314 g/mol. The van der Waals surface area contributed by atoms with E-state index < -0.39 is 5.41 Å². The first-order chi connectivity index (χ1) is 9.93. The number of thiocarbonyl (C=S) groups is 1. The molecule has 1 amide bonds. The Labute approximate surface area is 136 Å². The van der Waals surface area contributed by atoms with Gasteiger partial charge in [0.15, 0.2) is 0 Å². The zero-order valence-corrected chi connectivity index (χ0v) is 15.4. The fraction of sp³-hybridized carbons (Fsp3) is 0.882. The maximum absolute atomic E-state index is 13.1. The van der Waals surface area contributed by atoms with Crippen LogP contribution in [0.5, 0.6) is 0 Å². The standard InChI is InChI=1S/C17H34N2OS/c1-6-11-17(12-7-2,15(18)21)16(20)19(10-5)13-14(8-3)9-4/h14H,6-13H2,1-5H3,(H2,18,21). The third kappa shape index (κ3) is 5.24. The van der Waals surface area contributed by atoms with Gasteiger partial charge in [0, 0.05) is 13.1 Å². The third-order valence-corrected chi connectivity index (χ3v) is 4.93. The highest BCUT2D eigenvalue weighted by atomic mass is 32.1. The second kappa shape index (κ2) is 10.1. The highest BCUT2D eigenvalue weighted by Crippen LogP contribution is 2.33. The van der Waals surface area contributed by atoms with Crippen LogP contribution in [-0.2, 0) is 4.79 Å². The molecule has 0 saturated heterocycles. The van der Waals surface area contributed by atoms with Gasteiger partial charge in [0.2, 0.25) is 5.91 Å². The summed E-state index contributed by atoms with van der Waals surface area (Å²) >= 11 is 5.30. The Morgan fingerprint density at radius 1 is 1.10 bits per heavy atom. The molecule has 0 unspecified atom stereocenters. The summed E-state index contributed by atoms with van der Waals surface area (Å²) < 4.78 is 0. The first-order valence-corrected chi connectivity index (χ1v) is 8.93. The van der Waals surface area contributed by atoms with Crippen molar-refractivity contribution in [3.63, 3.8) is 0 Å². The molecule has 0 fully saturated rings. The van der Waals surface area contributed by atoms with E-state index in [1.54, 1.807) is 0 Å². The second-order valence-corrected chi connectivity index (χ2v) is 6.41. The van der Waals surface area contributed by atoms with Gasteiger partial charge in [0.25, 0.3) is 0 Å². The molecule has 0 bridgehead atoms. The van der Waals surface area contributed by atoms with Crippen molar-refractivity contribution >= 4 is 23.1 Å². The molecule has 0 aromatic rings. The summed E-state index contributed by atoms with van der Waals surface area (Å²) in [6.07, 6.45) is 5.56. The van der Waals surface area contributed by atoms with Crippen LogP contribution in [0, 0.1) is 11.3 Å². The summed E-state index contributed by atoms with van der Waals surface area (Å²) in [5, 5.41) is 0. The lowest BCUT2D eigenvalue weighted by molar-refractivity contribution is -0.139. The van der Waals surface area contributed by atoms with E-state index in [1.807, 2.05) is 11.8 Å². The fourth-order valence-electron chi connectivity index (χ4n) is 3.06. The van der Waals surface area contributed by atoms with Gasteiger partial charge in [-0.25, -0.2) is 0 Å². The number of hydrogen-bond acceptors (Lipinski definition) is 2. The predicted octanol–water partition coefficient (Wildman–Crippen LogP) is 4.14. The third-order valence-electron chi connectivity index (χ3n) is 4.54. The van der Waals surface area contributed by atoms with Gasteiger partial charge in [0.05, 0.1) is 10.4 Å². The molecule has 4 heteroatoms. The molecule has 124 valence electrons. The lowest BCUT2D eigenvalue weighted by Crippen LogP contribution is -2.51. The Morgan fingerprint density at radius 3 is 1.86 bits per heavy atom. The number of nitrogens with two attached hydrogens (primary N) is 1. The van der Waals surface area contributed by atoms with Crippen molar-refractivity contribution in [1.29, 1.82) is 0 Å². The van der Waals surface area contributed by atoms with Crippen LogP contribution in [0.25, 0.3) is 0 Å². The molecule has 0 radical (unpaired) electrons. The quantitative estimate of drug-likeness (QED) is 0.583. The average Bonchev–Trinajstić information content (AvgIpc) is 2.47. The molecular weight excluding hydrogens is 280 g/mol. The zero-order valence-electron chi connectivity index (χ0n) is 14.6. The van der Waals surface area contributed by atoms with E-state index in [0.29, 0.717) is 10.9 Å². The van der Waals surface area contributed by atoms with Crippen molar-refractivity contribution in [2.75, 3.05) is 13.1 Å². The minimum atomic E-state index is -0.638. The molecule has 2 N–H and O–H groups in total. The normalized spacial score (nSPS) is 11.7. The van der Waals surface area contributed by atoms with Gasteiger partial charge in [-0.3, -0.25) is 4.79 Å². The Balaban J connectivity index is 5.35. The smallest absolute Gasteiger partial charge is 0.235 e. The van der Waals surface area contributed by atoms with Crippen LogP contribution in [0.2, 0.25) is 0 Å².